The van der Waals surface area contributed by atoms with Crippen molar-refractivity contribution in [2.75, 3.05) is 18.4 Å². The minimum absolute atomic E-state index is 0.0128. The molecule has 8 heteroatoms. The monoisotopic (exact) mass is 340 g/mol. The van der Waals surface area contributed by atoms with Crippen molar-refractivity contribution in [2.24, 2.45) is 5.41 Å². The number of halogens is 5. The van der Waals surface area contributed by atoms with Crippen LogP contribution in [0.25, 0.3) is 0 Å². The highest BCUT2D eigenvalue weighted by Gasteiger charge is 2.61. The Kier molecular flexibility index (Phi) is 4.42. The number of carbonyl (C=O) groups is 1. The van der Waals surface area contributed by atoms with Crippen molar-refractivity contribution in [3.63, 3.8) is 0 Å². The number of alkyl halides is 3. The SMILES string of the molecule is Cc1ccc(Cl)c(NC(=O)C2(C(F)(F)F)CCNC2)c1Cl. The van der Waals surface area contributed by atoms with E-state index in [4.69, 9.17) is 23.2 Å². The topological polar surface area (TPSA) is 41.1 Å². The van der Waals surface area contributed by atoms with Gasteiger partial charge in [-0.3, -0.25) is 4.79 Å². The zero-order valence-corrected chi connectivity index (χ0v) is 12.6. The van der Waals surface area contributed by atoms with Crippen LogP contribution in [-0.4, -0.2) is 25.2 Å². The predicted molar refractivity (Wildman–Crippen MR) is 75.8 cm³/mol. The van der Waals surface area contributed by atoms with Crippen LogP contribution >= 0.6 is 23.2 Å². The summed E-state index contributed by atoms with van der Waals surface area (Å²) in [4.78, 5) is 12.2. The minimum atomic E-state index is -4.65. The summed E-state index contributed by atoms with van der Waals surface area (Å²) in [5.41, 5.74) is -1.83. The van der Waals surface area contributed by atoms with Gasteiger partial charge in [0.1, 0.15) is 0 Å². The van der Waals surface area contributed by atoms with Crippen molar-refractivity contribution in [1.29, 1.82) is 0 Å². The van der Waals surface area contributed by atoms with E-state index in [1.165, 1.54) is 6.07 Å². The number of hydrogen-bond acceptors (Lipinski definition) is 2. The number of amides is 1. The van der Waals surface area contributed by atoms with E-state index in [1.54, 1.807) is 13.0 Å². The summed E-state index contributed by atoms with van der Waals surface area (Å²) in [5.74, 6) is -1.14. The number of carbonyl (C=O) groups excluding carboxylic acids is 1. The molecule has 1 aromatic carbocycles. The van der Waals surface area contributed by atoms with E-state index in [1.807, 2.05) is 0 Å². The molecule has 0 radical (unpaired) electrons. The van der Waals surface area contributed by atoms with Crippen LogP contribution in [0.1, 0.15) is 12.0 Å². The average molecular weight is 341 g/mol. The first-order valence-corrected chi connectivity index (χ1v) is 6.98. The second-order valence-corrected chi connectivity index (χ2v) is 5.80. The van der Waals surface area contributed by atoms with E-state index in [0.717, 1.165) is 0 Å². The van der Waals surface area contributed by atoms with Gasteiger partial charge in [-0.15, -0.1) is 0 Å². The smallest absolute Gasteiger partial charge is 0.323 e. The fraction of sp³-hybridized carbons (Fsp3) is 0.462. The Balaban J connectivity index is 2.35. The largest absolute Gasteiger partial charge is 0.404 e. The molecule has 2 rings (SSSR count). The third kappa shape index (κ3) is 2.84. The molecule has 1 aromatic rings. The van der Waals surface area contributed by atoms with Crippen molar-refractivity contribution < 1.29 is 18.0 Å². The Labute approximate surface area is 129 Å². The van der Waals surface area contributed by atoms with Crippen molar-refractivity contribution in [3.8, 4) is 0 Å². The van der Waals surface area contributed by atoms with Gasteiger partial charge in [-0.05, 0) is 31.5 Å². The molecule has 1 fully saturated rings. The summed E-state index contributed by atoms with van der Waals surface area (Å²) >= 11 is 11.9. The summed E-state index contributed by atoms with van der Waals surface area (Å²) in [7, 11) is 0. The van der Waals surface area contributed by atoms with E-state index in [9.17, 15) is 18.0 Å². The van der Waals surface area contributed by atoms with E-state index in [-0.39, 0.29) is 28.7 Å². The fourth-order valence-corrected chi connectivity index (χ4v) is 2.73. The molecule has 0 saturated carbocycles. The molecule has 1 heterocycles. The molecule has 1 saturated heterocycles. The van der Waals surface area contributed by atoms with Crippen LogP contribution in [0.4, 0.5) is 18.9 Å². The van der Waals surface area contributed by atoms with Crippen LogP contribution in [0.3, 0.4) is 0 Å². The normalized spacial score (nSPS) is 22.4. The second kappa shape index (κ2) is 5.66. The molecule has 3 nitrogen and oxygen atoms in total. The molecule has 1 aliphatic rings. The highest BCUT2D eigenvalue weighted by molar-refractivity contribution is 6.40. The average Bonchev–Trinajstić information content (AvgIpc) is 2.89. The van der Waals surface area contributed by atoms with E-state index < -0.39 is 24.0 Å². The van der Waals surface area contributed by atoms with Crippen LogP contribution in [0.15, 0.2) is 12.1 Å². The highest BCUT2D eigenvalue weighted by atomic mass is 35.5. The first kappa shape index (κ1) is 16.4. The molecule has 1 amide bonds. The molecule has 2 N–H and O–H groups in total. The molecule has 0 aliphatic carbocycles. The van der Waals surface area contributed by atoms with Gasteiger partial charge in [0, 0.05) is 6.54 Å². The summed E-state index contributed by atoms with van der Waals surface area (Å²) in [6.45, 7) is 1.34. The first-order valence-electron chi connectivity index (χ1n) is 6.22. The van der Waals surface area contributed by atoms with Gasteiger partial charge < -0.3 is 10.6 Å². The Morgan fingerprint density at radius 1 is 1.38 bits per heavy atom. The molecule has 1 aliphatic heterocycles. The van der Waals surface area contributed by atoms with Crippen molar-refractivity contribution >= 4 is 34.8 Å². The number of nitrogens with one attached hydrogen (secondary N) is 2. The lowest BCUT2D eigenvalue weighted by Crippen LogP contribution is -2.49. The van der Waals surface area contributed by atoms with Gasteiger partial charge in [-0.2, -0.15) is 13.2 Å². The fourth-order valence-electron chi connectivity index (χ4n) is 2.26. The Bertz CT molecular complexity index is 569. The van der Waals surface area contributed by atoms with Crippen LogP contribution in [0.5, 0.6) is 0 Å². The molecule has 1 atom stereocenters. The maximum atomic E-state index is 13.3. The lowest BCUT2D eigenvalue weighted by atomic mass is 9.85. The van der Waals surface area contributed by atoms with Crippen molar-refractivity contribution in [2.45, 2.75) is 19.5 Å². The first-order chi connectivity index (χ1) is 9.69. The van der Waals surface area contributed by atoms with Crippen LogP contribution in [0, 0.1) is 12.3 Å². The van der Waals surface area contributed by atoms with Gasteiger partial charge in [0.2, 0.25) is 5.91 Å². The number of rotatable bonds is 2. The molecule has 0 bridgehead atoms. The standard InChI is InChI=1S/C13H13Cl2F3N2O/c1-7-2-3-8(14)10(9(7)15)20-11(21)12(13(16,17)18)4-5-19-6-12/h2-3,19H,4-6H2,1H3,(H,20,21). The Morgan fingerprint density at radius 2 is 2.05 bits per heavy atom. The molecule has 0 spiro atoms. The molecular formula is C13H13Cl2F3N2O. The summed E-state index contributed by atoms with van der Waals surface area (Å²) in [5, 5.41) is 5.06. The zero-order chi connectivity index (χ0) is 15.8. The van der Waals surface area contributed by atoms with E-state index in [0.29, 0.717) is 5.56 Å². The molecule has 116 valence electrons. The third-order valence-corrected chi connectivity index (χ3v) is 4.46. The lowest BCUT2D eigenvalue weighted by molar-refractivity contribution is -0.213. The van der Waals surface area contributed by atoms with Gasteiger partial charge in [0.05, 0.1) is 15.7 Å². The van der Waals surface area contributed by atoms with Crippen LogP contribution in [-0.2, 0) is 4.79 Å². The second-order valence-electron chi connectivity index (χ2n) is 5.01. The van der Waals surface area contributed by atoms with Gasteiger partial charge in [-0.25, -0.2) is 0 Å². The van der Waals surface area contributed by atoms with E-state index >= 15 is 0 Å². The van der Waals surface area contributed by atoms with Crippen LogP contribution < -0.4 is 10.6 Å². The Morgan fingerprint density at radius 3 is 2.57 bits per heavy atom. The Hall–Kier alpha value is -0.980. The minimum Gasteiger partial charge on any atom is -0.323 e. The van der Waals surface area contributed by atoms with Gasteiger partial charge in [0.15, 0.2) is 5.41 Å². The molecule has 1 unspecified atom stereocenters. The molecule has 21 heavy (non-hydrogen) atoms. The quantitative estimate of drug-likeness (QED) is 0.860. The third-order valence-electron chi connectivity index (χ3n) is 3.66. The number of hydrogen-bond donors (Lipinski definition) is 2. The lowest BCUT2D eigenvalue weighted by Gasteiger charge is -2.29. The number of anilines is 1. The van der Waals surface area contributed by atoms with Gasteiger partial charge in [-0.1, -0.05) is 29.3 Å². The van der Waals surface area contributed by atoms with Crippen molar-refractivity contribution in [3.05, 3.63) is 27.7 Å². The number of aryl methyl sites for hydroxylation is 1. The van der Waals surface area contributed by atoms with Crippen molar-refractivity contribution in [1.82, 2.24) is 5.32 Å². The zero-order valence-electron chi connectivity index (χ0n) is 11.1. The maximum absolute atomic E-state index is 13.3. The summed E-state index contributed by atoms with van der Waals surface area (Å²) in [6.07, 6.45) is -4.97. The van der Waals surface area contributed by atoms with Gasteiger partial charge >= 0.3 is 6.18 Å². The molecule has 0 aromatic heterocycles. The van der Waals surface area contributed by atoms with Crippen LogP contribution in [0.2, 0.25) is 10.0 Å². The number of benzene rings is 1. The predicted octanol–water partition coefficient (Wildman–Crippen LogP) is 3.78. The highest BCUT2D eigenvalue weighted by Crippen LogP contribution is 2.44. The molecular weight excluding hydrogens is 328 g/mol. The van der Waals surface area contributed by atoms with E-state index in [2.05, 4.69) is 10.6 Å². The maximum Gasteiger partial charge on any atom is 0.404 e. The summed E-state index contributed by atoms with van der Waals surface area (Å²) < 4.78 is 39.8. The van der Waals surface area contributed by atoms with Gasteiger partial charge in [0.25, 0.3) is 0 Å². The summed E-state index contributed by atoms with van der Waals surface area (Å²) in [6, 6.07) is 3.10.